The lowest BCUT2D eigenvalue weighted by atomic mass is 9.96. The van der Waals surface area contributed by atoms with Gasteiger partial charge in [0, 0.05) is 31.5 Å². The van der Waals surface area contributed by atoms with Crippen molar-refractivity contribution in [3.05, 3.63) is 41.7 Å². The Morgan fingerprint density at radius 2 is 1.94 bits per heavy atom. The Bertz CT molecular complexity index is 817. The van der Waals surface area contributed by atoms with Gasteiger partial charge in [-0.3, -0.25) is 4.99 Å². The Morgan fingerprint density at radius 3 is 2.55 bits per heavy atom. The topological polar surface area (TPSA) is 67.1 Å². The van der Waals surface area contributed by atoms with Gasteiger partial charge in [0.1, 0.15) is 5.82 Å². The summed E-state index contributed by atoms with van der Waals surface area (Å²) in [6, 6.07) is 10.8. The van der Waals surface area contributed by atoms with E-state index < -0.39 is 0 Å². The zero-order valence-corrected chi connectivity index (χ0v) is 22.4. The highest BCUT2D eigenvalue weighted by Gasteiger charge is 2.43. The van der Waals surface area contributed by atoms with E-state index in [2.05, 4.69) is 82.8 Å². The van der Waals surface area contributed by atoms with Crippen LogP contribution in [0, 0.1) is 5.92 Å². The van der Waals surface area contributed by atoms with Crippen LogP contribution >= 0.6 is 35.7 Å². The molecule has 0 radical (unpaired) electrons. The van der Waals surface area contributed by atoms with Crippen LogP contribution < -0.4 is 10.6 Å². The SMILES string of the molecule is CCNC(=NCC1(c2ccccc2)CC1)NCCCc1nnc(SC)n1CC(C)C.I. The number of aryl methyl sites for hydroxylation is 1. The molecule has 1 aromatic heterocycles. The minimum Gasteiger partial charge on any atom is -0.357 e. The predicted molar refractivity (Wildman–Crippen MR) is 142 cm³/mol. The minimum absolute atomic E-state index is 0. The normalized spacial score (nSPS) is 14.9. The van der Waals surface area contributed by atoms with Gasteiger partial charge in [0.2, 0.25) is 0 Å². The van der Waals surface area contributed by atoms with E-state index in [1.54, 1.807) is 11.8 Å². The molecule has 1 heterocycles. The monoisotopic (exact) mass is 556 g/mol. The molecule has 2 aromatic rings. The Hall–Kier alpha value is -1.29. The van der Waals surface area contributed by atoms with Crippen LogP contribution in [0.5, 0.6) is 0 Å². The molecule has 0 aliphatic heterocycles. The lowest BCUT2D eigenvalue weighted by molar-refractivity contribution is 0.477. The lowest BCUT2D eigenvalue weighted by Crippen LogP contribution is -2.38. The third-order valence-corrected chi connectivity index (χ3v) is 6.18. The maximum absolute atomic E-state index is 4.90. The van der Waals surface area contributed by atoms with Crippen molar-refractivity contribution >= 4 is 41.7 Å². The number of nitrogens with zero attached hydrogens (tertiary/aromatic N) is 4. The summed E-state index contributed by atoms with van der Waals surface area (Å²) in [5.41, 5.74) is 1.66. The van der Waals surface area contributed by atoms with E-state index in [4.69, 9.17) is 4.99 Å². The molecule has 1 fully saturated rings. The molecule has 0 saturated heterocycles. The Morgan fingerprint density at radius 1 is 1.19 bits per heavy atom. The summed E-state index contributed by atoms with van der Waals surface area (Å²) in [5.74, 6) is 2.57. The molecule has 1 aliphatic carbocycles. The van der Waals surface area contributed by atoms with Crippen molar-refractivity contribution in [2.24, 2.45) is 10.9 Å². The number of thioether (sulfide) groups is 1. The minimum atomic E-state index is 0. The summed E-state index contributed by atoms with van der Waals surface area (Å²) < 4.78 is 2.27. The molecule has 1 aliphatic rings. The summed E-state index contributed by atoms with van der Waals surface area (Å²) in [6.07, 6.45) is 6.43. The van der Waals surface area contributed by atoms with Gasteiger partial charge in [-0.25, -0.2) is 0 Å². The predicted octanol–water partition coefficient (Wildman–Crippen LogP) is 4.49. The first-order valence-corrected chi connectivity index (χ1v) is 12.3. The molecule has 6 nitrogen and oxygen atoms in total. The van der Waals surface area contributed by atoms with E-state index in [0.29, 0.717) is 5.92 Å². The lowest BCUT2D eigenvalue weighted by Gasteiger charge is -2.16. The molecule has 31 heavy (non-hydrogen) atoms. The second-order valence-electron chi connectivity index (χ2n) is 8.48. The molecular formula is C23H37IN6S. The maximum atomic E-state index is 4.90. The average Bonchev–Trinajstić information content (AvgIpc) is 3.45. The summed E-state index contributed by atoms with van der Waals surface area (Å²) in [6.45, 7) is 10.1. The Balaban J connectivity index is 0.00000341. The highest BCUT2D eigenvalue weighted by atomic mass is 127. The fraction of sp³-hybridized carbons (Fsp3) is 0.609. The van der Waals surface area contributed by atoms with Crippen LogP contribution in [0.2, 0.25) is 0 Å². The largest absolute Gasteiger partial charge is 0.357 e. The van der Waals surface area contributed by atoms with Gasteiger partial charge in [-0.05, 0) is 43.9 Å². The molecule has 8 heteroatoms. The van der Waals surface area contributed by atoms with Crippen molar-refractivity contribution in [1.29, 1.82) is 0 Å². The summed E-state index contributed by atoms with van der Waals surface area (Å²) >= 11 is 1.67. The smallest absolute Gasteiger partial charge is 0.191 e. The summed E-state index contributed by atoms with van der Waals surface area (Å²) in [7, 11) is 0. The number of benzene rings is 1. The quantitative estimate of drug-likeness (QED) is 0.140. The van der Waals surface area contributed by atoms with E-state index in [-0.39, 0.29) is 29.4 Å². The second kappa shape index (κ2) is 12.7. The fourth-order valence-electron chi connectivity index (χ4n) is 3.71. The van der Waals surface area contributed by atoms with Crippen LogP contribution in [0.3, 0.4) is 0 Å². The molecule has 0 spiro atoms. The molecule has 2 N–H and O–H groups in total. The Labute approximate surface area is 208 Å². The fourth-order valence-corrected chi connectivity index (χ4v) is 4.23. The van der Waals surface area contributed by atoms with Gasteiger partial charge < -0.3 is 15.2 Å². The van der Waals surface area contributed by atoms with Crippen molar-refractivity contribution in [3.8, 4) is 0 Å². The zero-order chi connectivity index (χ0) is 21.4. The van der Waals surface area contributed by atoms with Crippen LogP contribution in [0.4, 0.5) is 0 Å². The summed E-state index contributed by atoms with van der Waals surface area (Å²) in [4.78, 5) is 4.90. The number of hydrogen-bond donors (Lipinski definition) is 2. The van der Waals surface area contributed by atoms with Crippen LogP contribution in [0.15, 0.2) is 40.5 Å². The number of hydrogen-bond acceptors (Lipinski definition) is 4. The van der Waals surface area contributed by atoms with Crippen molar-refractivity contribution in [3.63, 3.8) is 0 Å². The van der Waals surface area contributed by atoms with Crippen molar-refractivity contribution in [2.75, 3.05) is 25.9 Å². The first kappa shape index (κ1) is 26.0. The molecule has 172 valence electrons. The molecule has 0 amide bonds. The number of halogens is 1. The highest BCUT2D eigenvalue weighted by Crippen LogP contribution is 2.48. The van der Waals surface area contributed by atoms with Crippen LogP contribution in [0.1, 0.15) is 51.4 Å². The maximum Gasteiger partial charge on any atom is 0.191 e. The molecule has 0 bridgehead atoms. The standard InChI is InChI=1S/C23H36N6S.HI/c1-5-24-21(26-17-23(13-14-23)19-10-7-6-8-11-19)25-15-9-12-20-27-28-22(30-4)29(20)16-18(2)3;/h6-8,10-11,18H,5,9,12-17H2,1-4H3,(H2,24,25,26);1H. The average molecular weight is 557 g/mol. The van der Waals surface area contributed by atoms with Crippen molar-refractivity contribution in [1.82, 2.24) is 25.4 Å². The van der Waals surface area contributed by atoms with Crippen molar-refractivity contribution in [2.45, 2.75) is 63.6 Å². The van der Waals surface area contributed by atoms with Gasteiger partial charge in [-0.2, -0.15) is 0 Å². The number of aliphatic imine (C=N–C) groups is 1. The van der Waals surface area contributed by atoms with E-state index in [0.717, 1.165) is 56.0 Å². The van der Waals surface area contributed by atoms with Gasteiger partial charge in [0.25, 0.3) is 0 Å². The van der Waals surface area contributed by atoms with Crippen LogP contribution in [-0.4, -0.2) is 46.6 Å². The molecule has 1 aromatic carbocycles. The molecule has 3 rings (SSSR count). The molecule has 0 atom stereocenters. The third kappa shape index (κ3) is 7.37. The van der Waals surface area contributed by atoms with Gasteiger partial charge in [0.05, 0.1) is 6.54 Å². The van der Waals surface area contributed by atoms with E-state index in [1.165, 1.54) is 18.4 Å². The number of guanidine groups is 1. The van der Waals surface area contributed by atoms with E-state index in [9.17, 15) is 0 Å². The summed E-state index contributed by atoms with van der Waals surface area (Å²) in [5, 5.41) is 16.7. The Kier molecular flexibility index (Phi) is 10.6. The van der Waals surface area contributed by atoms with Gasteiger partial charge in [-0.15, -0.1) is 34.2 Å². The molecule has 0 unspecified atom stereocenters. The number of nitrogens with one attached hydrogen (secondary N) is 2. The van der Waals surface area contributed by atoms with Gasteiger partial charge in [-0.1, -0.05) is 55.9 Å². The number of aromatic nitrogens is 3. The van der Waals surface area contributed by atoms with Gasteiger partial charge >= 0.3 is 0 Å². The third-order valence-electron chi connectivity index (χ3n) is 5.52. The van der Waals surface area contributed by atoms with Crippen LogP contribution in [-0.2, 0) is 18.4 Å². The van der Waals surface area contributed by atoms with E-state index >= 15 is 0 Å². The molecular weight excluding hydrogens is 519 g/mol. The van der Waals surface area contributed by atoms with E-state index in [1.807, 2.05) is 0 Å². The van der Waals surface area contributed by atoms with Crippen molar-refractivity contribution < 1.29 is 0 Å². The van der Waals surface area contributed by atoms with Crippen LogP contribution in [0.25, 0.3) is 0 Å². The second-order valence-corrected chi connectivity index (χ2v) is 9.25. The zero-order valence-electron chi connectivity index (χ0n) is 19.2. The van der Waals surface area contributed by atoms with Gasteiger partial charge in [0.15, 0.2) is 11.1 Å². The number of rotatable bonds is 11. The highest BCUT2D eigenvalue weighted by molar-refractivity contribution is 14.0. The first-order chi connectivity index (χ1) is 14.6. The first-order valence-electron chi connectivity index (χ1n) is 11.1. The molecule has 1 saturated carbocycles.